The second-order valence-electron chi connectivity index (χ2n) is 5.16. The van der Waals surface area contributed by atoms with Crippen LogP contribution in [0.15, 0.2) is 30.5 Å². The lowest BCUT2D eigenvalue weighted by molar-refractivity contribution is -0.148. The Morgan fingerprint density at radius 3 is 3.05 bits per heavy atom. The smallest absolute Gasteiger partial charge is 0.246 e. The van der Waals surface area contributed by atoms with Crippen LogP contribution in [-0.2, 0) is 16.1 Å². The van der Waals surface area contributed by atoms with Crippen LogP contribution in [0.25, 0.3) is 10.9 Å². The minimum Gasteiger partial charge on any atom is -0.361 e. The lowest BCUT2D eigenvalue weighted by Gasteiger charge is -2.28. The van der Waals surface area contributed by atoms with Crippen LogP contribution in [0.3, 0.4) is 0 Å². The number of piperidine rings is 1. The van der Waals surface area contributed by atoms with Gasteiger partial charge < -0.3 is 10.3 Å². The number of aromatic amines is 1. The zero-order valence-corrected chi connectivity index (χ0v) is 11.3. The van der Waals surface area contributed by atoms with Crippen molar-refractivity contribution in [2.24, 2.45) is 0 Å². The summed E-state index contributed by atoms with van der Waals surface area (Å²) in [5.74, 6) is -0.233. The number of likely N-dealkylation sites (N-methyl/N-ethyl adjacent to an activating group) is 1. The van der Waals surface area contributed by atoms with Crippen LogP contribution < -0.4 is 5.32 Å². The molecule has 1 atom stereocenters. The minimum absolute atomic E-state index is 0.0964. The standard InChI is InChI=1S/C15H17N3O2/c1-18-14(19)5-4-12(15(18)20)17-9-10-2-3-11-6-7-16-13(11)8-10/h2-3,6-8,12,16-17H,4-5,9H2,1H3. The molecule has 3 rings (SSSR count). The van der Waals surface area contributed by atoms with Crippen molar-refractivity contribution in [3.05, 3.63) is 36.0 Å². The molecule has 0 aliphatic carbocycles. The fourth-order valence-electron chi connectivity index (χ4n) is 2.55. The molecule has 5 nitrogen and oxygen atoms in total. The summed E-state index contributed by atoms with van der Waals surface area (Å²) < 4.78 is 0. The van der Waals surface area contributed by atoms with Gasteiger partial charge in [-0.25, -0.2) is 0 Å². The van der Waals surface area contributed by atoms with Crippen molar-refractivity contribution in [2.75, 3.05) is 7.05 Å². The Kier molecular flexibility index (Phi) is 3.28. The zero-order valence-electron chi connectivity index (χ0n) is 11.3. The number of imide groups is 1. The minimum atomic E-state index is -0.267. The highest BCUT2D eigenvalue weighted by molar-refractivity contribution is 6.00. The molecule has 2 heterocycles. The molecule has 20 heavy (non-hydrogen) atoms. The van der Waals surface area contributed by atoms with Crippen molar-refractivity contribution in [2.45, 2.75) is 25.4 Å². The number of aromatic nitrogens is 1. The summed E-state index contributed by atoms with van der Waals surface area (Å²) in [5, 5.41) is 4.41. The summed E-state index contributed by atoms with van der Waals surface area (Å²) in [6, 6.07) is 7.94. The Morgan fingerprint density at radius 2 is 2.20 bits per heavy atom. The van der Waals surface area contributed by atoms with E-state index in [2.05, 4.69) is 22.4 Å². The lowest BCUT2D eigenvalue weighted by Crippen LogP contribution is -2.51. The van der Waals surface area contributed by atoms with Gasteiger partial charge >= 0.3 is 0 Å². The number of carbonyl (C=O) groups is 2. The number of likely N-dealkylation sites (tertiary alicyclic amines) is 1. The Hall–Kier alpha value is -2.14. The summed E-state index contributed by atoms with van der Waals surface area (Å²) in [4.78, 5) is 27.8. The highest BCUT2D eigenvalue weighted by atomic mass is 16.2. The number of nitrogens with zero attached hydrogens (tertiary/aromatic N) is 1. The van der Waals surface area contributed by atoms with E-state index in [0.717, 1.165) is 11.1 Å². The first-order valence-electron chi connectivity index (χ1n) is 6.75. The van der Waals surface area contributed by atoms with E-state index in [4.69, 9.17) is 0 Å². The quantitative estimate of drug-likeness (QED) is 0.829. The maximum atomic E-state index is 12.0. The van der Waals surface area contributed by atoms with E-state index in [0.29, 0.717) is 19.4 Å². The summed E-state index contributed by atoms with van der Waals surface area (Å²) in [5.41, 5.74) is 2.21. The van der Waals surface area contributed by atoms with Gasteiger partial charge in [0.15, 0.2) is 0 Å². The molecular weight excluding hydrogens is 254 g/mol. The third kappa shape index (κ3) is 2.32. The van der Waals surface area contributed by atoms with Crippen LogP contribution in [0.5, 0.6) is 0 Å². The van der Waals surface area contributed by atoms with E-state index in [1.54, 1.807) is 7.05 Å². The SMILES string of the molecule is CN1C(=O)CCC(NCc2ccc3cc[nH]c3c2)C1=O. The van der Waals surface area contributed by atoms with Gasteiger partial charge in [0.2, 0.25) is 11.8 Å². The molecule has 1 aliphatic rings. The summed E-state index contributed by atoms with van der Waals surface area (Å²) in [6.07, 6.45) is 2.91. The van der Waals surface area contributed by atoms with E-state index in [9.17, 15) is 9.59 Å². The third-order valence-corrected chi connectivity index (χ3v) is 3.82. The number of rotatable bonds is 3. The number of nitrogens with one attached hydrogen (secondary N) is 2. The van der Waals surface area contributed by atoms with Crippen molar-refractivity contribution in [3.63, 3.8) is 0 Å². The van der Waals surface area contributed by atoms with Crippen LogP contribution in [-0.4, -0.2) is 34.8 Å². The molecule has 2 amide bonds. The zero-order chi connectivity index (χ0) is 14.1. The first-order chi connectivity index (χ1) is 9.65. The first-order valence-corrected chi connectivity index (χ1v) is 6.75. The highest BCUT2D eigenvalue weighted by Gasteiger charge is 2.31. The molecule has 2 aromatic rings. The normalized spacial score (nSPS) is 19.9. The second kappa shape index (κ2) is 5.09. The van der Waals surface area contributed by atoms with Crippen molar-refractivity contribution >= 4 is 22.7 Å². The van der Waals surface area contributed by atoms with Gasteiger partial charge in [-0.05, 0) is 29.5 Å². The van der Waals surface area contributed by atoms with Gasteiger partial charge in [-0.15, -0.1) is 0 Å². The molecule has 2 N–H and O–H groups in total. The Morgan fingerprint density at radius 1 is 1.35 bits per heavy atom. The maximum Gasteiger partial charge on any atom is 0.246 e. The summed E-state index contributed by atoms with van der Waals surface area (Å²) in [7, 11) is 1.55. The molecule has 1 unspecified atom stereocenters. The van der Waals surface area contributed by atoms with Gasteiger partial charge in [0, 0.05) is 31.7 Å². The predicted octanol–water partition coefficient (Wildman–Crippen LogP) is 1.40. The largest absolute Gasteiger partial charge is 0.361 e. The van der Waals surface area contributed by atoms with E-state index < -0.39 is 0 Å². The fraction of sp³-hybridized carbons (Fsp3) is 0.333. The molecule has 0 saturated carbocycles. The van der Waals surface area contributed by atoms with Crippen LogP contribution in [0, 0.1) is 0 Å². The molecule has 0 radical (unpaired) electrons. The maximum absolute atomic E-state index is 12.0. The number of carbonyl (C=O) groups excluding carboxylic acids is 2. The number of H-pyrrole nitrogens is 1. The average Bonchev–Trinajstić information content (AvgIpc) is 2.91. The van der Waals surface area contributed by atoms with Crippen LogP contribution in [0.1, 0.15) is 18.4 Å². The van der Waals surface area contributed by atoms with Crippen molar-refractivity contribution in [3.8, 4) is 0 Å². The van der Waals surface area contributed by atoms with Crippen LogP contribution in [0.2, 0.25) is 0 Å². The van der Waals surface area contributed by atoms with Gasteiger partial charge in [-0.2, -0.15) is 0 Å². The monoisotopic (exact) mass is 271 g/mol. The Labute approximate surface area is 117 Å². The molecule has 1 aromatic heterocycles. The molecule has 5 heteroatoms. The number of amides is 2. The predicted molar refractivity (Wildman–Crippen MR) is 75.9 cm³/mol. The molecule has 1 aromatic carbocycles. The molecular formula is C15H17N3O2. The van der Waals surface area contributed by atoms with Gasteiger partial charge in [0.25, 0.3) is 0 Å². The molecule has 1 fully saturated rings. The number of hydrogen-bond donors (Lipinski definition) is 2. The van der Waals surface area contributed by atoms with Crippen LogP contribution >= 0.6 is 0 Å². The van der Waals surface area contributed by atoms with E-state index in [1.807, 2.05) is 18.3 Å². The van der Waals surface area contributed by atoms with Crippen LogP contribution in [0.4, 0.5) is 0 Å². The van der Waals surface area contributed by atoms with E-state index in [1.165, 1.54) is 10.3 Å². The third-order valence-electron chi connectivity index (χ3n) is 3.82. The topological polar surface area (TPSA) is 65.2 Å². The molecule has 1 saturated heterocycles. The summed E-state index contributed by atoms with van der Waals surface area (Å²) >= 11 is 0. The molecule has 0 bridgehead atoms. The van der Waals surface area contributed by atoms with E-state index >= 15 is 0 Å². The number of fused-ring (bicyclic) bond motifs is 1. The van der Waals surface area contributed by atoms with Gasteiger partial charge in [0.1, 0.15) is 0 Å². The number of benzene rings is 1. The average molecular weight is 271 g/mol. The fourth-order valence-corrected chi connectivity index (χ4v) is 2.55. The number of hydrogen-bond acceptors (Lipinski definition) is 3. The van der Waals surface area contributed by atoms with Crippen molar-refractivity contribution in [1.29, 1.82) is 0 Å². The van der Waals surface area contributed by atoms with Crippen molar-refractivity contribution in [1.82, 2.24) is 15.2 Å². The Balaban J connectivity index is 1.66. The van der Waals surface area contributed by atoms with Gasteiger partial charge in [0.05, 0.1) is 6.04 Å². The summed E-state index contributed by atoms with van der Waals surface area (Å²) in [6.45, 7) is 0.618. The highest BCUT2D eigenvalue weighted by Crippen LogP contribution is 2.15. The Bertz CT molecular complexity index is 662. The van der Waals surface area contributed by atoms with Crippen molar-refractivity contribution < 1.29 is 9.59 Å². The molecule has 104 valence electrons. The first kappa shape index (κ1) is 12.9. The van der Waals surface area contributed by atoms with E-state index in [-0.39, 0.29) is 17.9 Å². The van der Waals surface area contributed by atoms with Gasteiger partial charge in [-0.1, -0.05) is 12.1 Å². The van der Waals surface area contributed by atoms with Gasteiger partial charge in [-0.3, -0.25) is 14.5 Å². The molecule has 1 aliphatic heterocycles. The molecule has 0 spiro atoms. The lowest BCUT2D eigenvalue weighted by atomic mass is 10.0. The second-order valence-corrected chi connectivity index (χ2v) is 5.16.